The summed E-state index contributed by atoms with van der Waals surface area (Å²) in [6.07, 6.45) is 5.83. The van der Waals surface area contributed by atoms with E-state index in [1.54, 1.807) is 6.20 Å². The number of fused-ring (bicyclic) bond motifs is 1. The lowest BCUT2D eigenvalue weighted by Gasteiger charge is -2.36. The van der Waals surface area contributed by atoms with E-state index in [-0.39, 0.29) is 0 Å². The second-order valence-corrected chi connectivity index (χ2v) is 6.22. The monoisotopic (exact) mass is 337 g/mol. The number of hydrogen-bond donors (Lipinski definition) is 0. The van der Waals surface area contributed by atoms with Gasteiger partial charge in [0, 0.05) is 51.3 Å². The summed E-state index contributed by atoms with van der Waals surface area (Å²) in [7, 11) is 0. The first kappa shape index (κ1) is 15.9. The van der Waals surface area contributed by atoms with Crippen LogP contribution in [0.25, 0.3) is 5.78 Å². The molecule has 0 atom stereocenters. The summed E-state index contributed by atoms with van der Waals surface area (Å²) < 4.78 is 7.75. The number of rotatable bonds is 5. The van der Waals surface area contributed by atoms with Gasteiger partial charge in [-0.3, -0.25) is 9.30 Å². The first-order valence-electron chi connectivity index (χ1n) is 8.81. The summed E-state index contributed by atoms with van der Waals surface area (Å²) in [6, 6.07) is 10.2. The SMILES string of the molecule is CCOc1ccccc1N1CCN(Cc2cn3cccnc3n2)CC1. The number of para-hydroxylation sites is 2. The minimum absolute atomic E-state index is 0.693. The smallest absolute Gasteiger partial charge is 0.233 e. The molecule has 6 heteroatoms. The van der Waals surface area contributed by atoms with Crippen molar-refractivity contribution in [3.8, 4) is 5.75 Å². The van der Waals surface area contributed by atoms with Crippen molar-refractivity contribution < 1.29 is 4.74 Å². The Hall–Kier alpha value is -2.60. The van der Waals surface area contributed by atoms with Gasteiger partial charge in [-0.15, -0.1) is 0 Å². The number of anilines is 1. The summed E-state index contributed by atoms with van der Waals surface area (Å²) in [5.41, 5.74) is 2.27. The van der Waals surface area contributed by atoms with Gasteiger partial charge in [-0.1, -0.05) is 12.1 Å². The highest BCUT2D eigenvalue weighted by Crippen LogP contribution is 2.28. The van der Waals surface area contributed by atoms with E-state index in [0.29, 0.717) is 6.61 Å². The van der Waals surface area contributed by atoms with Crippen molar-refractivity contribution in [2.24, 2.45) is 0 Å². The molecule has 0 amide bonds. The van der Waals surface area contributed by atoms with Crippen LogP contribution in [-0.2, 0) is 6.54 Å². The lowest BCUT2D eigenvalue weighted by atomic mass is 10.2. The molecule has 1 aromatic carbocycles. The fourth-order valence-corrected chi connectivity index (χ4v) is 3.33. The fourth-order valence-electron chi connectivity index (χ4n) is 3.33. The highest BCUT2D eigenvalue weighted by Gasteiger charge is 2.20. The van der Waals surface area contributed by atoms with Crippen LogP contribution in [0.5, 0.6) is 5.75 Å². The van der Waals surface area contributed by atoms with Crippen molar-refractivity contribution in [1.29, 1.82) is 0 Å². The van der Waals surface area contributed by atoms with Crippen LogP contribution in [0.15, 0.2) is 48.9 Å². The lowest BCUT2D eigenvalue weighted by Crippen LogP contribution is -2.46. The first-order chi connectivity index (χ1) is 12.3. The summed E-state index contributed by atoms with van der Waals surface area (Å²) in [5.74, 6) is 1.74. The lowest BCUT2D eigenvalue weighted by molar-refractivity contribution is 0.246. The van der Waals surface area contributed by atoms with E-state index in [1.165, 1.54) is 5.69 Å². The van der Waals surface area contributed by atoms with Gasteiger partial charge in [0.05, 0.1) is 18.0 Å². The third-order valence-corrected chi connectivity index (χ3v) is 4.55. The summed E-state index contributed by atoms with van der Waals surface area (Å²) in [6.45, 7) is 7.61. The van der Waals surface area contributed by atoms with E-state index in [4.69, 9.17) is 4.74 Å². The molecule has 0 unspecified atom stereocenters. The topological polar surface area (TPSA) is 45.9 Å². The van der Waals surface area contributed by atoms with Crippen LogP contribution in [0.2, 0.25) is 0 Å². The summed E-state index contributed by atoms with van der Waals surface area (Å²) in [4.78, 5) is 13.7. The molecule has 4 rings (SSSR count). The quantitative estimate of drug-likeness (QED) is 0.716. The molecule has 1 aliphatic rings. The average molecular weight is 337 g/mol. The van der Waals surface area contributed by atoms with Gasteiger partial charge in [-0.25, -0.2) is 9.97 Å². The second-order valence-electron chi connectivity index (χ2n) is 6.22. The van der Waals surface area contributed by atoms with E-state index >= 15 is 0 Å². The Balaban J connectivity index is 1.40. The van der Waals surface area contributed by atoms with Crippen molar-refractivity contribution in [3.05, 3.63) is 54.6 Å². The molecule has 0 bridgehead atoms. The molecule has 0 N–H and O–H groups in total. The van der Waals surface area contributed by atoms with Crippen LogP contribution >= 0.6 is 0 Å². The molecule has 0 saturated carbocycles. The predicted octanol–water partition coefficient (Wildman–Crippen LogP) is 2.45. The molecule has 0 spiro atoms. The summed E-state index contributed by atoms with van der Waals surface area (Å²) >= 11 is 0. The van der Waals surface area contributed by atoms with Crippen molar-refractivity contribution in [1.82, 2.24) is 19.3 Å². The Morgan fingerprint density at radius 2 is 1.92 bits per heavy atom. The van der Waals surface area contributed by atoms with Crippen molar-refractivity contribution >= 4 is 11.5 Å². The van der Waals surface area contributed by atoms with E-state index in [1.807, 2.05) is 29.7 Å². The van der Waals surface area contributed by atoms with Gasteiger partial charge < -0.3 is 9.64 Å². The zero-order valence-corrected chi connectivity index (χ0v) is 14.5. The van der Waals surface area contributed by atoms with Crippen LogP contribution in [0.3, 0.4) is 0 Å². The average Bonchev–Trinajstić information content (AvgIpc) is 3.05. The molecular weight excluding hydrogens is 314 g/mol. The molecule has 1 saturated heterocycles. The van der Waals surface area contributed by atoms with Gasteiger partial charge in [0.15, 0.2) is 0 Å². The molecule has 25 heavy (non-hydrogen) atoms. The zero-order valence-electron chi connectivity index (χ0n) is 14.5. The zero-order chi connectivity index (χ0) is 17.1. The number of nitrogens with zero attached hydrogens (tertiary/aromatic N) is 5. The van der Waals surface area contributed by atoms with Crippen LogP contribution in [0, 0.1) is 0 Å². The number of ether oxygens (including phenoxy) is 1. The van der Waals surface area contributed by atoms with Crippen LogP contribution in [0.1, 0.15) is 12.6 Å². The van der Waals surface area contributed by atoms with Gasteiger partial charge in [0.1, 0.15) is 5.75 Å². The van der Waals surface area contributed by atoms with E-state index < -0.39 is 0 Å². The standard InChI is InChI=1S/C19H23N5O/c1-2-25-18-7-4-3-6-17(18)23-12-10-22(11-13-23)14-16-15-24-9-5-8-20-19(24)21-16/h3-9,15H,2,10-14H2,1H3. The Kier molecular flexibility index (Phi) is 4.52. The summed E-state index contributed by atoms with van der Waals surface area (Å²) in [5, 5.41) is 0. The Morgan fingerprint density at radius 1 is 1.08 bits per heavy atom. The first-order valence-corrected chi connectivity index (χ1v) is 8.81. The Morgan fingerprint density at radius 3 is 2.72 bits per heavy atom. The maximum absolute atomic E-state index is 5.77. The van der Waals surface area contributed by atoms with Crippen molar-refractivity contribution in [3.63, 3.8) is 0 Å². The highest BCUT2D eigenvalue weighted by atomic mass is 16.5. The second kappa shape index (κ2) is 7.11. The fraction of sp³-hybridized carbons (Fsp3) is 0.368. The van der Waals surface area contributed by atoms with E-state index in [2.05, 4.69) is 44.2 Å². The third kappa shape index (κ3) is 3.44. The van der Waals surface area contributed by atoms with Gasteiger partial charge in [-0.2, -0.15) is 0 Å². The Labute approximate surface area is 147 Å². The highest BCUT2D eigenvalue weighted by molar-refractivity contribution is 5.58. The number of benzene rings is 1. The molecule has 1 fully saturated rings. The molecule has 6 nitrogen and oxygen atoms in total. The van der Waals surface area contributed by atoms with Gasteiger partial charge in [0.25, 0.3) is 0 Å². The third-order valence-electron chi connectivity index (χ3n) is 4.55. The van der Waals surface area contributed by atoms with Crippen molar-refractivity contribution in [2.45, 2.75) is 13.5 Å². The number of imidazole rings is 1. The van der Waals surface area contributed by atoms with Gasteiger partial charge in [0.2, 0.25) is 5.78 Å². The molecular formula is C19H23N5O. The number of piperazine rings is 1. The molecule has 3 aromatic rings. The molecule has 3 heterocycles. The van der Waals surface area contributed by atoms with Crippen LogP contribution < -0.4 is 9.64 Å². The molecule has 130 valence electrons. The van der Waals surface area contributed by atoms with E-state index in [9.17, 15) is 0 Å². The van der Waals surface area contributed by atoms with Crippen molar-refractivity contribution in [2.75, 3.05) is 37.7 Å². The Bertz CT molecular complexity index is 805. The van der Waals surface area contributed by atoms with Crippen LogP contribution in [0.4, 0.5) is 5.69 Å². The van der Waals surface area contributed by atoms with E-state index in [0.717, 1.165) is 49.9 Å². The van der Waals surface area contributed by atoms with Gasteiger partial charge >= 0.3 is 0 Å². The normalized spacial score (nSPS) is 15.6. The predicted molar refractivity (Wildman–Crippen MR) is 98.1 cm³/mol. The van der Waals surface area contributed by atoms with Gasteiger partial charge in [-0.05, 0) is 25.1 Å². The maximum Gasteiger partial charge on any atom is 0.233 e. The van der Waals surface area contributed by atoms with Crippen LogP contribution in [-0.4, -0.2) is 52.1 Å². The minimum atomic E-state index is 0.693. The molecule has 0 radical (unpaired) electrons. The molecule has 0 aliphatic carbocycles. The number of aromatic nitrogens is 3. The molecule has 1 aliphatic heterocycles. The number of hydrogen-bond acceptors (Lipinski definition) is 5. The minimum Gasteiger partial charge on any atom is -0.492 e. The molecule has 2 aromatic heterocycles. The largest absolute Gasteiger partial charge is 0.492 e. The maximum atomic E-state index is 5.77.